The van der Waals surface area contributed by atoms with Crippen molar-refractivity contribution >= 4 is 16.9 Å². The molecule has 144 valence electrons. The molecular weight excluding hydrogens is 378 g/mol. The van der Waals surface area contributed by atoms with E-state index in [1.807, 2.05) is 0 Å². The fourth-order valence-corrected chi connectivity index (χ4v) is 3.12. The van der Waals surface area contributed by atoms with E-state index in [-0.39, 0.29) is 24.7 Å². The first-order valence-electron chi connectivity index (χ1n) is 8.26. The van der Waals surface area contributed by atoms with Gasteiger partial charge in [0.2, 0.25) is 0 Å². The zero-order chi connectivity index (χ0) is 20.1. The van der Waals surface area contributed by atoms with Crippen molar-refractivity contribution in [3.8, 4) is 11.3 Å². The summed E-state index contributed by atoms with van der Waals surface area (Å²) in [6, 6.07) is 5.48. The van der Waals surface area contributed by atoms with Gasteiger partial charge in [0.15, 0.2) is 11.5 Å². The quantitative estimate of drug-likeness (QED) is 0.507. The molecule has 3 aromatic heterocycles. The van der Waals surface area contributed by atoms with Gasteiger partial charge in [-0.3, -0.25) is 9.78 Å². The molecule has 4 rings (SSSR count). The van der Waals surface area contributed by atoms with E-state index in [0.29, 0.717) is 16.7 Å². The maximum absolute atomic E-state index is 13.0. The van der Waals surface area contributed by atoms with Crippen LogP contribution in [-0.2, 0) is 11.0 Å². The van der Waals surface area contributed by atoms with Gasteiger partial charge in [0.05, 0.1) is 6.04 Å². The third-order valence-electron chi connectivity index (χ3n) is 4.52. The molecule has 0 saturated carbocycles. The lowest BCUT2D eigenvalue weighted by Gasteiger charge is -2.38. The largest absolute Gasteiger partial charge is 0.433 e. The second-order valence-corrected chi connectivity index (χ2v) is 6.36. The van der Waals surface area contributed by atoms with E-state index in [0.717, 1.165) is 12.3 Å². The Morgan fingerprint density at radius 1 is 1.18 bits per heavy atom. The summed E-state index contributed by atoms with van der Waals surface area (Å²) in [4.78, 5) is 20.5. The number of carbonyl (C=O) groups excluding carboxylic acids is 1. The van der Waals surface area contributed by atoms with Crippen molar-refractivity contribution in [1.82, 2.24) is 24.6 Å². The third-order valence-corrected chi connectivity index (χ3v) is 4.52. The highest BCUT2D eigenvalue weighted by Gasteiger charge is 2.36. The Kier molecular flexibility index (Phi) is 4.13. The van der Waals surface area contributed by atoms with Gasteiger partial charge in [-0.25, -0.2) is 14.1 Å². The number of rotatable bonds is 3. The molecule has 0 aliphatic carbocycles. The molecule has 1 fully saturated rings. The molecule has 1 saturated heterocycles. The van der Waals surface area contributed by atoms with E-state index in [1.165, 1.54) is 11.0 Å². The number of alkyl halides is 3. The van der Waals surface area contributed by atoms with Crippen LogP contribution in [0.25, 0.3) is 22.3 Å². The number of amides is 1. The summed E-state index contributed by atoms with van der Waals surface area (Å²) in [5.41, 5.74) is 0.0386. The van der Waals surface area contributed by atoms with Crippen LogP contribution >= 0.6 is 0 Å². The summed E-state index contributed by atoms with van der Waals surface area (Å²) < 4.78 is 53.6. The normalized spacial score (nSPS) is 14.9. The molecule has 0 bridgehead atoms. The van der Waals surface area contributed by atoms with Gasteiger partial charge >= 0.3 is 6.18 Å². The minimum absolute atomic E-state index is 0.207. The van der Waals surface area contributed by atoms with Gasteiger partial charge < -0.3 is 4.90 Å². The standard InChI is InChI=1S/C18H13F4N5O/c1-10(19)17(28)26-8-12(9-26)27-16-13(3-2-5-24-16)15(25-27)11-4-6-23-14(7-11)18(20,21)22/h2-7,12H,1,8-9H2. The second kappa shape index (κ2) is 6.39. The van der Waals surface area contributed by atoms with Crippen molar-refractivity contribution in [2.24, 2.45) is 0 Å². The highest BCUT2D eigenvalue weighted by molar-refractivity contribution is 5.92. The van der Waals surface area contributed by atoms with Gasteiger partial charge in [0.1, 0.15) is 11.4 Å². The van der Waals surface area contributed by atoms with Crippen LogP contribution in [0.1, 0.15) is 11.7 Å². The van der Waals surface area contributed by atoms with Gasteiger partial charge in [-0.15, -0.1) is 0 Å². The Bertz CT molecular complexity index is 1090. The van der Waals surface area contributed by atoms with Gasteiger partial charge in [0.25, 0.3) is 5.91 Å². The Morgan fingerprint density at radius 3 is 2.61 bits per heavy atom. The maximum atomic E-state index is 13.0. The average Bonchev–Trinajstić information content (AvgIpc) is 2.99. The topological polar surface area (TPSA) is 63.9 Å². The van der Waals surface area contributed by atoms with Crippen LogP contribution in [0.4, 0.5) is 17.6 Å². The predicted octanol–water partition coefficient (Wildman–Crippen LogP) is 3.38. The van der Waals surface area contributed by atoms with Crippen molar-refractivity contribution in [3.05, 3.63) is 54.8 Å². The molecule has 3 aromatic rings. The number of pyridine rings is 2. The minimum atomic E-state index is -4.57. The number of halogens is 4. The zero-order valence-electron chi connectivity index (χ0n) is 14.3. The molecule has 0 atom stereocenters. The van der Waals surface area contributed by atoms with Crippen molar-refractivity contribution in [1.29, 1.82) is 0 Å². The molecule has 6 nitrogen and oxygen atoms in total. The summed E-state index contributed by atoms with van der Waals surface area (Å²) in [5.74, 6) is -1.83. The number of hydrogen-bond donors (Lipinski definition) is 0. The monoisotopic (exact) mass is 391 g/mol. The number of aromatic nitrogens is 4. The Balaban J connectivity index is 1.73. The summed E-state index contributed by atoms with van der Waals surface area (Å²) in [5, 5.41) is 5.02. The number of likely N-dealkylation sites (tertiary alicyclic amines) is 1. The molecule has 0 unspecified atom stereocenters. The lowest BCUT2D eigenvalue weighted by atomic mass is 10.1. The Morgan fingerprint density at radius 2 is 1.93 bits per heavy atom. The molecule has 0 radical (unpaired) electrons. The lowest BCUT2D eigenvalue weighted by Crippen LogP contribution is -2.51. The lowest BCUT2D eigenvalue weighted by molar-refractivity contribution is -0.141. The van der Waals surface area contributed by atoms with Gasteiger partial charge in [-0.05, 0) is 24.3 Å². The van der Waals surface area contributed by atoms with E-state index < -0.39 is 23.6 Å². The highest BCUT2D eigenvalue weighted by Crippen LogP contribution is 2.34. The van der Waals surface area contributed by atoms with E-state index >= 15 is 0 Å². The van der Waals surface area contributed by atoms with Crippen LogP contribution in [-0.4, -0.2) is 43.6 Å². The molecular formula is C18H13F4N5O. The fraction of sp³-hybridized carbons (Fsp3) is 0.222. The van der Waals surface area contributed by atoms with Gasteiger partial charge in [0, 0.05) is 36.4 Å². The first-order chi connectivity index (χ1) is 13.3. The number of carbonyl (C=O) groups is 1. The predicted molar refractivity (Wildman–Crippen MR) is 91.6 cm³/mol. The van der Waals surface area contributed by atoms with Crippen LogP contribution in [0.15, 0.2) is 49.1 Å². The summed E-state index contributed by atoms with van der Waals surface area (Å²) in [7, 11) is 0. The van der Waals surface area contributed by atoms with Crippen molar-refractivity contribution in [2.45, 2.75) is 12.2 Å². The van der Waals surface area contributed by atoms with Crippen LogP contribution in [0.3, 0.4) is 0 Å². The second-order valence-electron chi connectivity index (χ2n) is 6.36. The third kappa shape index (κ3) is 3.00. The molecule has 28 heavy (non-hydrogen) atoms. The maximum Gasteiger partial charge on any atom is 0.433 e. The van der Waals surface area contributed by atoms with E-state index in [1.54, 1.807) is 23.0 Å². The molecule has 0 aromatic carbocycles. The fourth-order valence-electron chi connectivity index (χ4n) is 3.12. The number of fused-ring (bicyclic) bond motifs is 1. The average molecular weight is 391 g/mol. The summed E-state index contributed by atoms with van der Waals surface area (Å²) >= 11 is 0. The molecule has 1 aliphatic heterocycles. The van der Waals surface area contributed by atoms with E-state index in [2.05, 4.69) is 21.6 Å². The van der Waals surface area contributed by atoms with Crippen LogP contribution in [0.5, 0.6) is 0 Å². The summed E-state index contributed by atoms with van der Waals surface area (Å²) in [6.45, 7) is 3.40. The van der Waals surface area contributed by atoms with Gasteiger partial charge in [-0.2, -0.15) is 18.3 Å². The Hall–Kier alpha value is -3.30. The minimum Gasteiger partial charge on any atom is -0.332 e. The SMILES string of the molecule is C=C(F)C(=O)N1CC(n2nc(-c3ccnc(C(F)(F)F)c3)c3cccnc32)C1. The van der Waals surface area contributed by atoms with Crippen LogP contribution in [0.2, 0.25) is 0 Å². The molecule has 1 amide bonds. The summed E-state index contributed by atoms with van der Waals surface area (Å²) in [6.07, 6.45) is -1.95. The van der Waals surface area contributed by atoms with Crippen molar-refractivity contribution in [3.63, 3.8) is 0 Å². The molecule has 0 spiro atoms. The highest BCUT2D eigenvalue weighted by atomic mass is 19.4. The Labute approximate surface area is 156 Å². The van der Waals surface area contributed by atoms with Crippen LogP contribution < -0.4 is 0 Å². The van der Waals surface area contributed by atoms with Crippen molar-refractivity contribution < 1.29 is 22.4 Å². The molecule has 4 heterocycles. The molecule has 0 N–H and O–H groups in total. The molecule has 1 aliphatic rings. The van der Waals surface area contributed by atoms with E-state index in [4.69, 9.17) is 0 Å². The number of nitrogens with zero attached hydrogens (tertiary/aromatic N) is 5. The first-order valence-corrected chi connectivity index (χ1v) is 8.26. The first kappa shape index (κ1) is 18.1. The van der Waals surface area contributed by atoms with E-state index in [9.17, 15) is 22.4 Å². The number of hydrogen-bond acceptors (Lipinski definition) is 4. The molecule has 10 heteroatoms. The smallest absolute Gasteiger partial charge is 0.332 e. The van der Waals surface area contributed by atoms with Crippen molar-refractivity contribution in [2.75, 3.05) is 13.1 Å². The van der Waals surface area contributed by atoms with Crippen LogP contribution in [0, 0.1) is 0 Å². The van der Waals surface area contributed by atoms with Gasteiger partial charge in [-0.1, -0.05) is 6.58 Å². The zero-order valence-corrected chi connectivity index (χ0v) is 14.3.